The predicted octanol–water partition coefficient (Wildman–Crippen LogP) is 1.11. The normalized spacial score (nSPS) is 13.3. The van der Waals surface area contributed by atoms with Crippen LogP contribution in [-0.2, 0) is 19.6 Å². The second-order valence-corrected chi connectivity index (χ2v) is 3.92. The van der Waals surface area contributed by atoms with Gasteiger partial charge in [0.2, 0.25) is 0 Å². The lowest BCUT2D eigenvalue weighted by molar-refractivity contribution is 0.241. The number of carbonyl (C=O) groups excluding carboxylic acids is 1. The Labute approximate surface area is 95.4 Å². The van der Waals surface area contributed by atoms with Crippen molar-refractivity contribution < 1.29 is 4.79 Å². The van der Waals surface area contributed by atoms with Crippen LogP contribution in [0.5, 0.6) is 0 Å². The first kappa shape index (κ1) is 11.0. The van der Waals surface area contributed by atoms with Gasteiger partial charge in [0, 0.05) is 26.2 Å². The number of carbonyl (C=O) groups is 1. The monoisotopic (exact) mass is 219 g/mol. The molecule has 4 nitrogen and oxygen atoms in total. The van der Waals surface area contributed by atoms with Crippen LogP contribution >= 0.6 is 0 Å². The molecule has 0 spiro atoms. The lowest BCUT2D eigenvalue weighted by atomic mass is 10.1. The minimum atomic E-state index is -0.110. The van der Waals surface area contributed by atoms with E-state index < -0.39 is 0 Å². The lowest BCUT2D eigenvalue weighted by Gasteiger charge is -2.07. The van der Waals surface area contributed by atoms with E-state index in [1.165, 1.54) is 11.1 Å². The van der Waals surface area contributed by atoms with Crippen molar-refractivity contribution in [3.8, 4) is 0 Å². The fourth-order valence-electron chi connectivity index (χ4n) is 1.86. The van der Waals surface area contributed by atoms with Gasteiger partial charge in [-0.15, -0.1) is 0 Å². The van der Waals surface area contributed by atoms with Crippen LogP contribution in [0.15, 0.2) is 18.2 Å². The predicted molar refractivity (Wildman–Crippen MR) is 62.9 cm³/mol. The van der Waals surface area contributed by atoms with Crippen LogP contribution in [-0.4, -0.2) is 12.6 Å². The topological polar surface area (TPSA) is 53.2 Å². The summed E-state index contributed by atoms with van der Waals surface area (Å²) in [4.78, 5) is 11.2. The number of hydrogen-bond acceptors (Lipinski definition) is 2. The van der Waals surface area contributed by atoms with Crippen molar-refractivity contribution in [1.29, 1.82) is 0 Å². The van der Waals surface area contributed by atoms with E-state index in [0.717, 1.165) is 18.7 Å². The maximum atomic E-state index is 11.2. The molecule has 0 atom stereocenters. The molecule has 86 valence electrons. The molecule has 0 unspecified atom stereocenters. The Bertz CT molecular complexity index is 390. The molecule has 2 amide bonds. The lowest BCUT2D eigenvalue weighted by Crippen LogP contribution is -2.34. The molecule has 16 heavy (non-hydrogen) atoms. The van der Waals surface area contributed by atoms with Gasteiger partial charge in [0.25, 0.3) is 0 Å². The summed E-state index contributed by atoms with van der Waals surface area (Å²) < 4.78 is 0. The van der Waals surface area contributed by atoms with Gasteiger partial charge in [-0.3, -0.25) is 0 Å². The summed E-state index contributed by atoms with van der Waals surface area (Å²) in [6, 6.07) is 6.24. The Morgan fingerprint density at radius 3 is 2.94 bits per heavy atom. The fourth-order valence-corrected chi connectivity index (χ4v) is 1.86. The summed E-state index contributed by atoms with van der Waals surface area (Å²) in [6.07, 6.45) is 0. The second-order valence-electron chi connectivity index (χ2n) is 3.92. The highest BCUT2D eigenvalue weighted by Crippen LogP contribution is 2.16. The van der Waals surface area contributed by atoms with Gasteiger partial charge >= 0.3 is 6.03 Å². The average molecular weight is 219 g/mol. The highest BCUT2D eigenvalue weighted by molar-refractivity contribution is 5.73. The summed E-state index contributed by atoms with van der Waals surface area (Å²) in [5, 5.41) is 8.83. The first-order chi connectivity index (χ1) is 7.79. The van der Waals surface area contributed by atoms with E-state index in [9.17, 15) is 4.79 Å². The van der Waals surface area contributed by atoms with Crippen LogP contribution in [0.3, 0.4) is 0 Å². The number of nitrogens with one attached hydrogen (secondary N) is 3. The maximum Gasteiger partial charge on any atom is 0.315 e. The van der Waals surface area contributed by atoms with Crippen molar-refractivity contribution in [1.82, 2.24) is 16.0 Å². The molecule has 1 aromatic carbocycles. The molecule has 1 heterocycles. The zero-order valence-corrected chi connectivity index (χ0v) is 9.47. The van der Waals surface area contributed by atoms with Crippen molar-refractivity contribution in [2.75, 3.05) is 6.54 Å². The van der Waals surface area contributed by atoms with E-state index >= 15 is 0 Å². The third-order valence-corrected chi connectivity index (χ3v) is 2.69. The highest BCUT2D eigenvalue weighted by Gasteiger charge is 2.09. The fraction of sp³-hybridized carbons (Fsp3) is 0.417. The van der Waals surface area contributed by atoms with Crippen molar-refractivity contribution in [3.63, 3.8) is 0 Å². The molecule has 0 aliphatic carbocycles. The van der Waals surface area contributed by atoms with E-state index in [2.05, 4.69) is 34.1 Å². The Kier molecular flexibility index (Phi) is 3.41. The second kappa shape index (κ2) is 4.99. The maximum absolute atomic E-state index is 11.2. The molecule has 0 bridgehead atoms. The largest absolute Gasteiger partial charge is 0.338 e. The molecule has 0 fully saturated rings. The third-order valence-electron chi connectivity index (χ3n) is 2.69. The Morgan fingerprint density at radius 1 is 1.31 bits per heavy atom. The summed E-state index contributed by atoms with van der Waals surface area (Å²) in [6.45, 7) is 5.03. The first-order valence-electron chi connectivity index (χ1n) is 5.62. The average Bonchev–Trinajstić information content (AvgIpc) is 2.74. The molecule has 3 N–H and O–H groups in total. The zero-order valence-electron chi connectivity index (χ0n) is 9.47. The smallest absolute Gasteiger partial charge is 0.315 e. The van der Waals surface area contributed by atoms with Gasteiger partial charge in [-0.05, 0) is 23.6 Å². The Morgan fingerprint density at radius 2 is 2.12 bits per heavy atom. The minimum Gasteiger partial charge on any atom is -0.338 e. The van der Waals surface area contributed by atoms with Crippen LogP contribution in [0.25, 0.3) is 0 Å². The number of fused-ring (bicyclic) bond motifs is 1. The minimum absolute atomic E-state index is 0.110. The van der Waals surface area contributed by atoms with Crippen LogP contribution < -0.4 is 16.0 Å². The summed E-state index contributed by atoms with van der Waals surface area (Å²) in [5.41, 5.74) is 3.85. The number of amides is 2. The number of urea groups is 1. The van der Waals surface area contributed by atoms with E-state index in [0.29, 0.717) is 13.1 Å². The Hall–Kier alpha value is -1.55. The van der Waals surface area contributed by atoms with Crippen molar-refractivity contribution >= 4 is 6.03 Å². The van der Waals surface area contributed by atoms with Gasteiger partial charge in [0.1, 0.15) is 0 Å². The molecule has 1 aliphatic rings. The molecule has 2 rings (SSSR count). The van der Waals surface area contributed by atoms with Gasteiger partial charge in [0.05, 0.1) is 0 Å². The molecule has 0 saturated heterocycles. The summed E-state index contributed by atoms with van der Waals surface area (Å²) >= 11 is 0. The molecule has 0 saturated carbocycles. The van der Waals surface area contributed by atoms with E-state index in [4.69, 9.17) is 0 Å². The van der Waals surface area contributed by atoms with Gasteiger partial charge in [0.15, 0.2) is 0 Å². The van der Waals surface area contributed by atoms with Crippen LogP contribution in [0.4, 0.5) is 4.79 Å². The number of rotatable bonds is 3. The third kappa shape index (κ3) is 2.52. The highest BCUT2D eigenvalue weighted by atomic mass is 16.2. The SMILES string of the molecule is CCNC(=O)NCc1ccc2c(c1)CNC2. The molecular weight excluding hydrogens is 202 g/mol. The standard InChI is InChI=1S/C12H17N3O/c1-2-14-12(16)15-6-9-3-4-10-7-13-8-11(10)5-9/h3-5,13H,2,6-8H2,1H3,(H2,14,15,16). The van der Waals surface area contributed by atoms with Gasteiger partial charge in [-0.1, -0.05) is 18.2 Å². The number of hydrogen-bond donors (Lipinski definition) is 3. The van der Waals surface area contributed by atoms with Crippen LogP contribution in [0, 0.1) is 0 Å². The van der Waals surface area contributed by atoms with Crippen molar-refractivity contribution in [2.45, 2.75) is 26.6 Å². The van der Waals surface area contributed by atoms with E-state index in [1.54, 1.807) is 0 Å². The molecule has 0 aromatic heterocycles. The summed E-state index contributed by atoms with van der Waals surface area (Å²) in [7, 11) is 0. The molecule has 4 heteroatoms. The molecule has 0 radical (unpaired) electrons. The van der Waals surface area contributed by atoms with Crippen LogP contribution in [0.2, 0.25) is 0 Å². The van der Waals surface area contributed by atoms with Gasteiger partial charge in [-0.2, -0.15) is 0 Å². The van der Waals surface area contributed by atoms with Gasteiger partial charge in [-0.25, -0.2) is 4.79 Å². The van der Waals surface area contributed by atoms with Gasteiger partial charge < -0.3 is 16.0 Å². The van der Waals surface area contributed by atoms with Crippen LogP contribution in [0.1, 0.15) is 23.6 Å². The van der Waals surface area contributed by atoms with E-state index in [1.807, 2.05) is 6.92 Å². The quantitative estimate of drug-likeness (QED) is 0.713. The zero-order chi connectivity index (χ0) is 11.4. The molecule has 1 aromatic rings. The summed E-state index contributed by atoms with van der Waals surface area (Å²) in [5.74, 6) is 0. The van der Waals surface area contributed by atoms with Crippen molar-refractivity contribution in [3.05, 3.63) is 34.9 Å². The van der Waals surface area contributed by atoms with Crippen molar-refractivity contribution in [2.24, 2.45) is 0 Å². The molecular formula is C12H17N3O. The first-order valence-corrected chi connectivity index (χ1v) is 5.62. The Balaban J connectivity index is 1.93. The molecule has 1 aliphatic heterocycles. The number of benzene rings is 1. The van der Waals surface area contributed by atoms with E-state index in [-0.39, 0.29) is 6.03 Å².